The Labute approximate surface area is 345 Å². The molecule has 1 unspecified atom stereocenters. The van der Waals surface area contributed by atoms with Crippen LogP contribution in [0.2, 0.25) is 0 Å². The SMILES string of the molecule is Cc1ccc(C2(C)c3cc(N(c4cccc(-c5ccccc5)c4)c4ccc5oc6ccccc6c5c4)ccc3-c3c(-c4ccccc4-c4ccccc4)cccc32)cc1. The summed E-state index contributed by atoms with van der Waals surface area (Å²) in [6.45, 7) is 4.59. The number of fused-ring (bicyclic) bond motifs is 6. The largest absolute Gasteiger partial charge is 0.456 e. The Balaban J connectivity index is 1.16. The Bertz CT molecular complexity index is 3180. The van der Waals surface area contributed by atoms with E-state index in [2.05, 4.69) is 219 Å². The summed E-state index contributed by atoms with van der Waals surface area (Å²) < 4.78 is 6.32. The monoisotopic (exact) mass is 755 g/mol. The van der Waals surface area contributed by atoms with Crippen molar-refractivity contribution >= 4 is 39.0 Å². The molecule has 59 heavy (non-hydrogen) atoms. The van der Waals surface area contributed by atoms with Crippen LogP contribution in [-0.2, 0) is 5.41 Å². The zero-order chi connectivity index (χ0) is 39.5. The maximum atomic E-state index is 6.32. The summed E-state index contributed by atoms with van der Waals surface area (Å²) in [6.07, 6.45) is 0. The Kier molecular flexibility index (Phi) is 8.20. The van der Waals surface area contributed by atoms with Gasteiger partial charge in [-0.1, -0.05) is 169 Å². The summed E-state index contributed by atoms with van der Waals surface area (Å²) in [4.78, 5) is 2.41. The molecule has 11 rings (SSSR count). The van der Waals surface area contributed by atoms with Crippen molar-refractivity contribution in [1.82, 2.24) is 0 Å². The normalized spacial score (nSPS) is 14.3. The van der Waals surface area contributed by atoms with E-state index in [1.165, 1.54) is 66.8 Å². The third kappa shape index (κ3) is 5.71. The molecule has 0 saturated carbocycles. The quantitative estimate of drug-likeness (QED) is 0.161. The molecule has 0 aliphatic heterocycles. The van der Waals surface area contributed by atoms with Gasteiger partial charge >= 0.3 is 0 Å². The van der Waals surface area contributed by atoms with Gasteiger partial charge in [-0.25, -0.2) is 0 Å². The van der Waals surface area contributed by atoms with Crippen LogP contribution in [0.5, 0.6) is 0 Å². The third-order valence-corrected chi connectivity index (χ3v) is 12.4. The molecule has 2 heteroatoms. The van der Waals surface area contributed by atoms with Crippen molar-refractivity contribution in [1.29, 1.82) is 0 Å². The molecular weight excluding hydrogens is 715 g/mol. The minimum absolute atomic E-state index is 0.422. The maximum absolute atomic E-state index is 6.32. The number of benzene rings is 9. The van der Waals surface area contributed by atoms with Crippen molar-refractivity contribution in [2.75, 3.05) is 4.90 Å². The second-order valence-electron chi connectivity index (χ2n) is 15.9. The van der Waals surface area contributed by atoms with Crippen LogP contribution in [0.3, 0.4) is 0 Å². The fourth-order valence-electron chi connectivity index (χ4n) is 9.47. The zero-order valence-electron chi connectivity index (χ0n) is 33.1. The number of para-hydroxylation sites is 1. The van der Waals surface area contributed by atoms with Gasteiger partial charge in [-0.05, 0) is 124 Å². The molecule has 0 bridgehead atoms. The molecule has 0 fully saturated rings. The van der Waals surface area contributed by atoms with Crippen molar-refractivity contribution in [2.45, 2.75) is 19.3 Å². The minimum atomic E-state index is -0.422. The number of rotatable bonds is 7. The van der Waals surface area contributed by atoms with Gasteiger partial charge in [0.25, 0.3) is 0 Å². The van der Waals surface area contributed by atoms with Crippen molar-refractivity contribution in [3.63, 3.8) is 0 Å². The van der Waals surface area contributed by atoms with Gasteiger partial charge in [0.1, 0.15) is 11.2 Å². The van der Waals surface area contributed by atoms with E-state index < -0.39 is 5.41 Å². The van der Waals surface area contributed by atoms with Crippen LogP contribution < -0.4 is 4.90 Å². The highest BCUT2D eigenvalue weighted by Crippen LogP contribution is 2.57. The molecule has 0 spiro atoms. The van der Waals surface area contributed by atoms with Crippen LogP contribution >= 0.6 is 0 Å². The van der Waals surface area contributed by atoms with Gasteiger partial charge in [-0.2, -0.15) is 0 Å². The molecule has 1 aliphatic carbocycles. The Morgan fingerprint density at radius 1 is 0.390 bits per heavy atom. The van der Waals surface area contributed by atoms with Crippen LogP contribution in [0.1, 0.15) is 29.2 Å². The van der Waals surface area contributed by atoms with E-state index in [1.54, 1.807) is 0 Å². The predicted octanol–water partition coefficient (Wildman–Crippen LogP) is 15.7. The molecule has 280 valence electrons. The van der Waals surface area contributed by atoms with Crippen LogP contribution in [0.4, 0.5) is 17.1 Å². The fraction of sp³-hybridized carbons (Fsp3) is 0.0526. The molecule has 9 aromatic carbocycles. The molecule has 0 saturated heterocycles. The van der Waals surface area contributed by atoms with Gasteiger partial charge in [-0.3, -0.25) is 0 Å². The molecular formula is C57H41NO. The minimum Gasteiger partial charge on any atom is -0.456 e. The smallest absolute Gasteiger partial charge is 0.135 e. The lowest BCUT2D eigenvalue weighted by molar-refractivity contribution is 0.669. The number of hydrogen-bond acceptors (Lipinski definition) is 2. The molecule has 1 aliphatic rings. The van der Waals surface area contributed by atoms with Crippen LogP contribution in [0, 0.1) is 6.92 Å². The van der Waals surface area contributed by atoms with E-state index >= 15 is 0 Å². The summed E-state index contributed by atoms with van der Waals surface area (Å²) in [5.74, 6) is 0. The molecule has 0 radical (unpaired) electrons. The van der Waals surface area contributed by atoms with E-state index in [4.69, 9.17) is 4.42 Å². The van der Waals surface area contributed by atoms with Gasteiger partial charge < -0.3 is 9.32 Å². The predicted molar refractivity (Wildman–Crippen MR) is 247 cm³/mol. The molecule has 1 heterocycles. The second-order valence-corrected chi connectivity index (χ2v) is 15.9. The standard InChI is InChI=1S/C57H41NO/c1-38-27-29-42(30-28-38)57(2)52-25-14-24-49(47-22-10-9-21-46(47)40-17-7-4-8-18-40)56(52)50-33-31-45(37-53(50)57)58(43-20-13-19-41(35-43)39-15-5-3-6-16-39)44-32-34-55-51(36-44)48-23-11-12-26-54(48)59-55/h3-37H,1-2H3. The third-order valence-electron chi connectivity index (χ3n) is 12.4. The van der Waals surface area contributed by atoms with Gasteiger partial charge in [0.05, 0.1) is 0 Å². The molecule has 10 aromatic rings. The summed E-state index contributed by atoms with van der Waals surface area (Å²) in [6, 6.07) is 77.3. The van der Waals surface area contributed by atoms with Crippen molar-refractivity contribution < 1.29 is 4.42 Å². The second kappa shape index (κ2) is 13.9. The number of anilines is 3. The Morgan fingerprint density at radius 2 is 1.00 bits per heavy atom. The molecule has 0 amide bonds. The van der Waals surface area contributed by atoms with Gasteiger partial charge in [-0.15, -0.1) is 0 Å². The van der Waals surface area contributed by atoms with Crippen LogP contribution in [0.25, 0.3) is 66.4 Å². The fourth-order valence-corrected chi connectivity index (χ4v) is 9.47. The number of furan rings is 1. The van der Waals surface area contributed by atoms with E-state index in [9.17, 15) is 0 Å². The van der Waals surface area contributed by atoms with Crippen molar-refractivity contribution in [2.24, 2.45) is 0 Å². The van der Waals surface area contributed by atoms with Crippen molar-refractivity contribution in [3.05, 3.63) is 235 Å². The van der Waals surface area contributed by atoms with Gasteiger partial charge in [0, 0.05) is 33.2 Å². The topological polar surface area (TPSA) is 16.4 Å². The Hall–Kier alpha value is -7.42. The summed E-state index contributed by atoms with van der Waals surface area (Å²) in [5.41, 5.74) is 19.6. The highest BCUT2D eigenvalue weighted by Gasteiger charge is 2.42. The number of hydrogen-bond donors (Lipinski definition) is 0. The number of nitrogens with zero attached hydrogens (tertiary/aromatic N) is 1. The van der Waals surface area contributed by atoms with E-state index in [0.29, 0.717) is 0 Å². The first-order valence-corrected chi connectivity index (χ1v) is 20.4. The van der Waals surface area contributed by atoms with E-state index in [1.807, 2.05) is 12.1 Å². The number of aryl methyl sites for hydroxylation is 1. The molecule has 0 N–H and O–H groups in total. The first-order chi connectivity index (χ1) is 29.0. The summed E-state index contributed by atoms with van der Waals surface area (Å²) in [7, 11) is 0. The lowest BCUT2D eigenvalue weighted by Gasteiger charge is -2.31. The van der Waals surface area contributed by atoms with Crippen molar-refractivity contribution in [3.8, 4) is 44.5 Å². The Morgan fingerprint density at radius 3 is 1.81 bits per heavy atom. The van der Waals surface area contributed by atoms with E-state index in [-0.39, 0.29) is 0 Å². The average Bonchev–Trinajstić information content (AvgIpc) is 3.80. The van der Waals surface area contributed by atoms with Crippen LogP contribution in [-0.4, -0.2) is 0 Å². The maximum Gasteiger partial charge on any atom is 0.135 e. The first kappa shape index (κ1) is 34.8. The summed E-state index contributed by atoms with van der Waals surface area (Å²) in [5, 5.41) is 2.21. The highest BCUT2D eigenvalue weighted by atomic mass is 16.3. The molecule has 1 atom stereocenters. The average molecular weight is 756 g/mol. The van der Waals surface area contributed by atoms with Crippen LogP contribution in [0.15, 0.2) is 217 Å². The highest BCUT2D eigenvalue weighted by molar-refractivity contribution is 6.07. The summed E-state index contributed by atoms with van der Waals surface area (Å²) >= 11 is 0. The van der Waals surface area contributed by atoms with Gasteiger partial charge in [0.15, 0.2) is 0 Å². The van der Waals surface area contributed by atoms with Gasteiger partial charge in [0.2, 0.25) is 0 Å². The van der Waals surface area contributed by atoms with E-state index in [0.717, 1.165) is 39.0 Å². The molecule has 2 nitrogen and oxygen atoms in total. The zero-order valence-corrected chi connectivity index (χ0v) is 33.1. The first-order valence-electron chi connectivity index (χ1n) is 20.4. The lowest BCUT2D eigenvalue weighted by Crippen LogP contribution is -2.23. The lowest BCUT2D eigenvalue weighted by atomic mass is 9.73. The molecule has 1 aromatic heterocycles.